The fourth-order valence-corrected chi connectivity index (χ4v) is 2.94. The van der Waals surface area contributed by atoms with E-state index in [2.05, 4.69) is 5.32 Å². The molecule has 0 bridgehead atoms. The Bertz CT molecular complexity index is 415. The molecule has 1 aromatic rings. The van der Waals surface area contributed by atoms with Crippen LogP contribution in [0.25, 0.3) is 0 Å². The number of carbonyl (C=O) groups is 1. The molecule has 2 N–H and O–H groups in total. The van der Waals surface area contributed by atoms with Gasteiger partial charge in [-0.15, -0.1) is 0 Å². The number of amides is 1. The summed E-state index contributed by atoms with van der Waals surface area (Å²) < 4.78 is 5.19. The predicted octanol–water partition coefficient (Wildman–Crippen LogP) is 3.24. The van der Waals surface area contributed by atoms with Crippen molar-refractivity contribution in [2.75, 3.05) is 6.61 Å². The molecule has 0 aliphatic heterocycles. The average molecular weight is 291 g/mol. The topological polar surface area (TPSA) is 58.6 Å². The molecule has 1 aliphatic rings. The summed E-state index contributed by atoms with van der Waals surface area (Å²) in [6, 6.07) is 9.39. The minimum Gasteiger partial charge on any atom is -0.445 e. The minimum absolute atomic E-state index is 0.0308. The standard InChI is InChI=1S/C17H25NO3/c19-12-16(11-14-7-3-1-4-8-14)18-17(20)21-13-15-9-5-2-6-10-15/h2,5-6,9-10,14,16,19H,1,3-4,7-8,11-13H2,(H,18,20)/t16-/m1/s1. The van der Waals surface area contributed by atoms with Crippen molar-refractivity contribution >= 4 is 6.09 Å². The highest BCUT2D eigenvalue weighted by Gasteiger charge is 2.20. The van der Waals surface area contributed by atoms with Gasteiger partial charge in [0.2, 0.25) is 0 Å². The highest BCUT2D eigenvalue weighted by Crippen LogP contribution is 2.27. The molecule has 1 aromatic carbocycles. The van der Waals surface area contributed by atoms with E-state index in [1.165, 1.54) is 32.1 Å². The van der Waals surface area contributed by atoms with Gasteiger partial charge in [-0.05, 0) is 17.9 Å². The highest BCUT2D eigenvalue weighted by molar-refractivity contribution is 5.67. The monoisotopic (exact) mass is 291 g/mol. The first-order valence-corrected chi connectivity index (χ1v) is 7.86. The van der Waals surface area contributed by atoms with Crippen LogP contribution >= 0.6 is 0 Å². The first-order chi connectivity index (χ1) is 10.3. The molecule has 21 heavy (non-hydrogen) atoms. The lowest BCUT2D eigenvalue weighted by atomic mass is 9.85. The van der Waals surface area contributed by atoms with Crippen LogP contribution in [0.3, 0.4) is 0 Å². The number of carbonyl (C=O) groups excluding carboxylic acids is 1. The second-order valence-electron chi connectivity index (χ2n) is 5.83. The number of aliphatic hydroxyl groups excluding tert-OH is 1. The molecule has 0 spiro atoms. The van der Waals surface area contributed by atoms with E-state index in [0.717, 1.165) is 12.0 Å². The summed E-state index contributed by atoms with van der Waals surface area (Å²) in [5.74, 6) is 0.616. The summed E-state index contributed by atoms with van der Waals surface area (Å²) in [4.78, 5) is 11.8. The lowest BCUT2D eigenvalue weighted by Gasteiger charge is -2.25. The summed E-state index contributed by atoms with van der Waals surface area (Å²) in [7, 11) is 0. The number of hydrogen-bond donors (Lipinski definition) is 2. The van der Waals surface area contributed by atoms with Crippen LogP contribution in [-0.4, -0.2) is 23.8 Å². The van der Waals surface area contributed by atoms with E-state index in [-0.39, 0.29) is 19.3 Å². The van der Waals surface area contributed by atoms with Crippen LogP contribution in [0.4, 0.5) is 4.79 Å². The number of hydrogen-bond acceptors (Lipinski definition) is 3. The smallest absolute Gasteiger partial charge is 0.407 e. The van der Waals surface area contributed by atoms with E-state index < -0.39 is 6.09 Å². The van der Waals surface area contributed by atoms with Crippen molar-refractivity contribution in [2.24, 2.45) is 5.92 Å². The third-order valence-electron chi connectivity index (χ3n) is 4.10. The Morgan fingerprint density at radius 3 is 2.62 bits per heavy atom. The lowest BCUT2D eigenvalue weighted by molar-refractivity contribution is 0.124. The number of ether oxygens (including phenoxy) is 1. The third-order valence-corrected chi connectivity index (χ3v) is 4.10. The van der Waals surface area contributed by atoms with Gasteiger partial charge in [0, 0.05) is 0 Å². The molecule has 4 heteroatoms. The number of rotatable bonds is 6. The maximum Gasteiger partial charge on any atom is 0.407 e. The van der Waals surface area contributed by atoms with Gasteiger partial charge in [-0.1, -0.05) is 62.4 Å². The van der Waals surface area contributed by atoms with Gasteiger partial charge in [-0.25, -0.2) is 4.79 Å². The van der Waals surface area contributed by atoms with E-state index in [4.69, 9.17) is 4.74 Å². The largest absolute Gasteiger partial charge is 0.445 e. The molecule has 1 amide bonds. The molecular weight excluding hydrogens is 266 g/mol. The van der Waals surface area contributed by atoms with Crippen molar-refractivity contribution in [3.05, 3.63) is 35.9 Å². The Labute approximate surface area is 126 Å². The van der Waals surface area contributed by atoms with Gasteiger partial charge >= 0.3 is 6.09 Å². The van der Waals surface area contributed by atoms with Crippen molar-refractivity contribution in [3.63, 3.8) is 0 Å². The van der Waals surface area contributed by atoms with Gasteiger partial charge < -0.3 is 15.2 Å². The fraction of sp³-hybridized carbons (Fsp3) is 0.588. The van der Waals surface area contributed by atoms with E-state index >= 15 is 0 Å². The maximum atomic E-state index is 11.8. The van der Waals surface area contributed by atoms with Gasteiger partial charge in [0.15, 0.2) is 0 Å². The Balaban J connectivity index is 1.71. The molecule has 116 valence electrons. The SMILES string of the molecule is O=C(N[C@@H](CO)CC1CCCCC1)OCc1ccccc1. The van der Waals surface area contributed by atoms with Crippen LogP contribution in [0.5, 0.6) is 0 Å². The molecule has 1 fully saturated rings. The second-order valence-corrected chi connectivity index (χ2v) is 5.83. The molecule has 0 radical (unpaired) electrons. The Morgan fingerprint density at radius 1 is 1.24 bits per heavy atom. The quantitative estimate of drug-likeness (QED) is 0.846. The van der Waals surface area contributed by atoms with Crippen LogP contribution in [0.1, 0.15) is 44.1 Å². The van der Waals surface area contributed by atoms with E-state index in [1.807, 2.05) is 30.3 Å². The summed E-state index contributed by atoms with van der Waals surface area (Å²) in [5, 5.41) is 12.2. The molecule has 0 heterocycles. The Morgan fingerprint density at radius 2 is 1.95 bits per heavy atom. The molecular formula is C17H25NO3. The second kappa shape index (κ2) is 8.67. The number of alkyl carbamates (subject to hydrolysis) is 1. The van der Waals surface area contributed by atoms with Gasteiger partial charge in [0.1, 0.15) is 6.61 Å². The number of nitrogens with one attached hydrogen (secondary N) is 1. The molecule has 0 saturated heterocycles. The molecule has 1 aliphatic carbocycles. The van der Waals surface area contributed by atoms with Crippen molar-refractivity contribution in [1.82, 2.24) is 5.32 Å². The van der Waals surface area contributed by atoms with Crippen LogP contribution in [0, 0.1) is 5.92 Å². The van der Waals surface area contributed by atoms with Crippen LogP contribution in [0.2, 0.25) is 0 Å². The van der Waals surface area contributed by atoms with Gasteiger partial charge in [0.25, 0.3) is 0 Å². The lowest BCUT2D eigenvalue weighted by Crippen LogP contribution is -2.39. The maximum absolute atomic E-state index is 11.8. The summed E-state index contributed by atoms with van der Waals surface area (Å²) >= 11 is 0. The molecule has 0 unspecified atom stereocenters. The van der Waals surface area contributed by atoms with E-state index in [0.29, 0.717) is 5.92 Å². The van der Waals surface area contributed by atoms with E-state index in [9.17, 15) is 9.90 Å². The molecule has 4 nitrogen and oxygen atoms in total. The Hall–Kier alpha value is -1.55. The van der Waals surface area contributed by atoms with Crippen molar-refractivity contribution in [3.8, 4) is 0 Å². The molecule has 0 aromatic heterocycles. The average Bonchev–Trinajstić information content (AvgIpc) is 2.54. The zero-order chi connectivity index (χ0) is 14.9. The number of benzene rings is 1. The third kappa shape index (κ3) is 5.76. The van der Waals surface area contributed by atoms with Crippen molar-refractivity contribution in [2.45, 2.75) is 51.2 Å². The van der Waals surface area contributed by atoms with Crippen LogP contribution in [0.15, 0.2) is 30.3 Å². The highest BCUT2D eigenvalue weighted by atomic mass is 16.5. The normalized spacial score (nSPS) is 17.2. The van der Waals surface area contributed by atoms with Gasteiger partial charge in [-0.3, -0.25) is 0 Å². The zero-order valence-corrected chi connectivity index (χ0v) is 12.5. The van der Waals surface area contributed by atoms with Crippen molar-refractivity contribution < 1.29 is 14.6 Å². The molecule has 1 atom stereocenters. The van der Waals surface area contributed by atoms with Crippen molar-refractivity contribution in [1.29, 1.82) is 0 Å². The van der Waals surface area contributed by atoms with Gasteiger partial charge in [0.05, 0.1) is 12.6 Å². The summed E-state index contributed by atoms with van der Waals surface area (Å²) in [5.41, 5.74) is 0.959. The van der Waals surface area contributed by atoms with Crippen LogP contribution in [-0.2, 0) is 11.3 Å². The zero-order valence-electron chi connectivity index (χ0n) is 12.5. The first-order valence-electron chi connectivity index (χ1n) is 7.86. The summed E-state index contributed by atoms with van der Waals surface area (Å²) in [6.45, 7) is 0.227. The molecule has 2 rings (SSSR count). The number of aliphatic hydroxyl groups is 1. The summed E-state index contributed by atoms with van der Waals surface area (Å²) in [6.07, 6.45) is 6.65. The van der Waals surface area contributed by atoms with Crippen LogP contribution < -0.4 is 5.32 Å². The molecule has 1 saturated carbocycles. The minimum atomic E-state index is -0.450. The Kier molecular flexibility index (Phi) is 6.54. The predicted molar refractivity (Wildman–Crippen MR) is 81.8 cm³/mol. The van der Waals surface area contributed by atoms with Gasteiger partial charge in [-0.2, -0.15) is 0 Å². The fourth-order valence-electron chi connectivity index (χ4n) is 2.94. The van der Waals surface area contributed by atoms with E-state index in [1.54, 1.807) is 0 Å². The first kappa shape index (κ1) is 15.8.